The van der Waals surface area contributed by atoms with Crippen LogP contribution in [0.3, 0.4) is 0 Å². The van der Waals surface area contributed by atoms with Crippen molar-refractivity contribution < 1.29 is 5.11 Å². The number of aliphatic hydroxyl groups is 1. The van der Waals surface area contributed by atoms with Crippen LogP contribution < -0.4 is 0 Å². The molecule has 0 aromatic heterocycles. The fourth-order valence-electron chi connectivity index (χ4n) is 5.74. The second-order valence-corrected chi connectivity index (χ2v) is 8.69. The summed E-state index contributed by atoms with van der Waals surface area (Å²) in [5.41, 5.74) is 0.161. The third-order valence-corrected chi connectivity index (χ3v) is 6.77. The molecule has 2 heterocycles. The van der Waals surface area contributed by atoms with Gasteiger partial charge in [0.1, 0.15) is 0 Å². The number of hydrogen-bond donors (Lipinski definition) is 1. The van der Waals surface area contributed by atoms with Crippen molar-refractivity contribution in [1.82, 2.24) is 9.80 Å². The minimum absolute atomic E-state index is 0.349. The molecular weight excluding hydrogens is 248 g/mol. The number of hydrogen-bond acceptors (Lipinski definition) is 3. The van der Waals surface area contributed by atoms with Crippen LogP contribution in [0, 0.1) is 23.2 Å². The fraction of sp³-hybridized carbons (Fsp3) is 1.00. The van der Waals surface area contributed by atoms with Crippen molar-refractivity contribution in [1.29, 1.82) is 0 Å². The number of likely N-dealkylation sites (tertiary alicyclic amines) is 2. The van der Waals surface area contributed by atoms with E-state index in [9.17, 15) is 5.11 Å². The Balaban J connectivity index is 1.25. The number of nitrogens with zero attached hydrogens (tertiary/aromatic N) is 2. The molecule has 4 rings (SSSR count). The minimum atomic E-state index is -0.349. The summed E-state index contributed by atoms with van der Waals surface area (Å²) in [5.74, 6) is 3.05. The van der Waals surface area contributed by atoms with Crippen molar-refractivity contribution >= 4 is 0 Å². The van der Waals surface area contributed by atoms with Gasteiger partial charge in [-0.15, -0.1) is 0 Å². The highest BCUT2D eigenvalue weighted by atomic mass is 16.3. The first-order valence-electron chi connectivity index (χ1n) is 8.60. The van der Waals surface area contributed by atoms with E-state index < -0.39 is 0 Å². The highest BCUT2D eigenvalue weighted by Gasteiger charge is 2.54. The van der Waals surface area contributed by atoms with Gasteiger partial charge in [0.2, 0.25) is 0 Å². The summed E-state index contributed by atoms with van der Waals surface area (Å²) in [4.78, 5) is 5.24. The number of piperidine rings is 2. The van der Waals surface area contributed by atoms with E-state index in [0.29, 0.717) is 5.41 Å². The van der Waals surface area contributed by atoms with E-state index in [1.54, 1.807) is 0 Å². The summed E-state index contributed by atoms with van der Waals surface area (Å²) in [6, 6.07) is 0. The van der Waals surface area contributed by atoms with Crippen LogP contribution in [0.4, 0.5) is 0 Å². The van der Waals surface area contributed by atoms with Gasteiger partial charge in [0.15, 0.2) is 0 Å². The van der Waals surface area contributed by atoms with Crippen molar-refractivity contribution in [3.63, 3.8) is 0 Å². The maximum atomic E-state index is 10.00. The summed E-state index contributed by atoms with van der Waals surface area (Å²) in [6.07, 6.45) is 6.18. The molecule has 1 spiro atoms. The maximum Gasteiger partial charge on any atom is 0.0630 e. The predicted molar refractivity (Wildman–Crippen MR) is 80.5 cm³/mol. The van der Waals surface area contributed by atoms with Crippen molar-refractivity contribution in [2.45, 2.75) is 44.6 Å². The molecule has 2 aliphatic heterocycles. The summed E-state index contributed by atoms with van der Waals surface area (Å²) in [6.45, 7) is 8.58. The minimum Gasteiger partial charge on any atom is -0.390 e. The van der Waals surface area contributed by atoms with Gasteiger partial charge < -0.3 is 14.9 Å². The summed E-state index contributed by atoms with van der Waals surface area (Å²) in [5, 5.41) is 10.00. The van der Waals surface area contributed by atoms with Gasteiger partial charge in [0.05, 0.1) is 5.60 Å². The quantitative estimate of drug-likeness (QED) is 0.834. The van der Waals surface area contributed by atoms with Crippen LogP contribution in [-0.2, 0) is 0 Å². The van der Waals surface area contributed by atoms with E-state index in [1.165, 1.54) is 52.0 Å². The van der Waals surface area contributed by atoms with E-state index in [0.717, 1.165) is 30.6 Å². The summed E-state index contributed by atoms with van der Waals surface area (Å²) >= 11 is 0. The normalized spacial score (nSPS) is 43.0. The predicted octanol–water partition coefficient (Wildman–Crippen LogP) is 1.81. The van der Waals surface area contributed by atoms with Crippen molar-refractivity contribution in [2.24, 2.45) is 23.2 Å². The zero-order chi connectivity index (χ0) is 14.0. The Morgan fingerprint density at radius 2 is 1.80 bits per heavy atom. The van der Waals surface area contributed by atoms with Crippen molar-refractivity contribution in [3.05, 3.63) is 0 Å². The SMILES string of the molecule is CN1CCC2C(C1)C2CN1CCC2(CC1)CC(C)(O)C2. The second kappa shape index (κ2) is 4.44. The van der Waals surface area contributed by atoms with Gasteiger partial charge in [-0.25, -0.2) is 0 Å². The molecule has 3 atom stereocenters. The van der Waals surface area contributed by atoms with Gasteiger partial charge in [0, 0.05) is 13.1 Å². The summed E-state index contributed by atoms with van der Waals surface area (Å²) < 4.78 is 0. The topological polar surface area (TPSA) is 26.7 Å². The Morgan fingerprint density at radius 3 is 2.40 bits per heavy atom. The first-order chi connectivity index (χ1) is 9.46. The lowest BCUT2D eigenvalue weighted by atomic mass is 9.56. The van der Waals surface area contributed by atoms with Crippen LogP contribution in [0.2, 0.25) is 0 Å². The van der Waals surface area contributed by atoms with E-state index >= 15 is 0 Å². The molecule has 2 aliphatic carbocycles. The first kappa shape index (κ1) is 13.5. The Morgan fingerprint density at radius 1 is 1.10 bits per heavy atom. The molecule has 0 bridgehead atoms. The Bertz CT molecular complexity index is 376. The number of rotatable bonds is 2. The van der Waals surface area contributed by atoms with Crippen LogP contribution in [-0.4, -0.2) is 60.3 Å². The largest absolute Gasteiger partial charge is 0.390 e. The smallest absolute Gasteiger partial charge is 0.0630 e. The zero-order valence-corrected chi connectivity index (χ0v) is 13.1. The standard InChI is InChI=1S/C17H30N2O/c1-16(20)11-17(12-16)4-7-19(8-5-17)10-15-13-3-6-18(2)9-14(13)15/h13-15,20H,3-12H2,1-2H3. The molecule has 0 radical (unpaired) electrons. The van der Waals surface area contributed by atoms with Crippen LogP contribution in [0.5, 0.6) is 0 Å². The zero-order valence-electron chi connectivity index (χ0n) is 13.1. The van der Waals surface area contributed by atoms with Gasteiger partial charge in [-0.2, -0.15) is 0 Å². The van der Waals surface area contributed by atoms with Crippen LogP contribution >= 0.6 is 0 Å². The Hall–Kier alpha value is -0.120. The average molecular weight is 278 g/mol. The van der Waals surface area contributed by atoms with E-state index in [-0.39, 0.29) is 5.60 Å². The molecule has 4 aliphatic rings. The number of fused-ring (bicyclic) bond motifs is 1. The van der Waals surface area contributed by atoms with Crippen LogP contribution in [0.1, 0.15) is 39.0 Å². The molecular formula is C17H30N2O. The Kier molecular flexibility index (Phi) is 3.00. The van der Waals surface area contributed by atoms with Gasteiger partial charge in [0.25, 0.3) is 0 Å². The van der Waals surface area contributed by atoms with Gasteiger partial charge in [-0.05, 0) is 88.9 Å². The van der Waals surface area contributed by atoms with Gasteiger partial charge in [-0.3, -0.25) is 0 Å². The molecule has 20 heavy (non-hydrogen) atoms. The van der Waals surface area contributed by atoms with Crippen LogP contribution in [0.25, 0.3) is 0 Å². The average Bonchev–Trinajstić information content (AvgIpc) is 3.02. The molecule has 1 N–H and O–H groups in total. The molecule has 3 unspecified atom stereocenters. The van der Waals surface area contributed by atoms with E-state index in [1.807, 2.05) is 6.92 Å². The fourth-order valence-corrected chi connectivity index (χ4v) is 5.74. The lowest BCUT2D eigenvalue weighted by Crippen LogP contribution is -2.54. The highest BCUT2D eigenvalue weighted by Crippen LogP contribution is 2.56. The molecule has 0 aromatic carbocycles. The van der Waals surface area contributed by atoms with Crippen molar-refractivity contribution in [3.8, 4) is 0 Å². The molecule has 3 nitrogen and oxygen atoms in total. The maximum absolute atomic E-state index is 10.00. The van der Waals surface area contributed by atoms with Crippen molar-refractivity contribution in [2.75, 3.05) is 39.8 Å². The lowest BCUT2D eigenvalue weighted by molar-refractivity contribution is -0.137. The molecule has 3 heteroatoms. The summed E-state index contributed by atoms with van der Waals surface area (Å²) in [7, 11) is 2.28. The van der Waals surface area contributed by atoms with E-state index in [4.69, 9.17) is 0 Å². The van der Waals surface area contributed by atoms with Gasteiger partial charge in [-0.1, -0.05) is 0 Å². The molecule has 0 amide bonds. The molecule has 114 valence electrons. The molecule has 0 aromatic rings. The van der Waals surface area contributed by atoms with Gasteiger partial charge >= 0.3 is 0 Å². The third kappa shape index (κ3) is 2.32. The third-order valence-electron chi connectivity index (χ3n) is 6.77. The van der Waals surface area contributed by atoms with Crippen LogP contribution in [0.15, 0.2) is 0 Å². The first-order valence-corrected chi connectivity index (χ1v) is 8.60. The highest BCUT2D eigenvalue weighted by molar-refractivity contribution is 5.06. The van der Waals surface area contributed by atoms with E-state index in [2.05, 4.69) is 16.8 Å². The molecule has 2 saturated carbocycles. The Labute approximate surface area is 123 Å². The molecule has 4 fully saturated rings. The molecule has 2 saturated heterocycles. The second-order valence-electron chi connectivity index (χ2n) is 8.69. The monoisotopic (exact) mass is 278 g/mol. The lowest BCUT2D eigenvalue weighted by Gasteiger charge is -2.55.